The molecule has 172 valence electrons. The molecule has 2 aromatic rings. The van der Waals surface area contributed by atoms with Crippen molar-refractivity contribution in [1.82, 2.24) is 14.8 Å². The molecule has 0 unspecified atom stereocenters. The van der Waals surface area contributed by atoms with Crippen molar-refractivity contribution in [3.8, 4) is 0 Å². The zero-order valence-corrected chi connectivity index (χ0v) is 18.7. The molecule has 0 N–H and O–H groups in total. The molecule has 2 heterocycles. The van der Waals surface area contributed by atoms with E-state index >= 15 is 0 Å². The number of carbonyl (C=O) groups is 3. The monoisotopic (exact) mass is 450 g/mol. The molecule has 7 nitrogen and oxygen atoms in total. The first-order valence-corrected chi connectivity index (χ1v) is 11.2. The van der Waals surface area contributed by atoms with Crippen LogP contribution in [0.2, 0.25) is 0 Å². The van der Waals surface area contributed by atoms with E-state index < -0.39 is 5.82 Å². The molecule has 0 spiro atoms. The van der Waals surface area contributed by atoms with Crippen LogP contribution in [0.5, 0.6) is 0 Å². The second-order valence-electron chi connectivity index (χ2n) is 8.32. The lowest BCUT2D eigenvalue weighted by Gasteiger charge is -2.35. The topological polar surface area (TPSA) is 73.3 Å². The Kier molecular flexibility index (Phi) is 6.82. The average molecular weight is 451 g/mol. The van der Waals surface area contributed by atoms with E-state index in [9.17, 15) is 18.8 Å². The summed E-state index contributed by atoms with van der Waals surface area (Å²) in [4.78, 5) is 41.1. The van der Waals surface area contributed by atoms with E-state index in [1.54, 1.807) is 28.9 Å². The third kappa shape index (κ3) is 5.27. The van der Waals surface area contributed by atoms with Gasteiger partial charge >= 0.3 is 0 Å². The minimum atomic E-state index is -0.405. The van der Waals surface area contributed by atoms with E-state index in [2.05, 4.69) is 5.10 Å². The van der Waals surface area contributed by atoms with Gasteiger partial charge in [0.15, 0.2) is 0 Å². The Hall–Kier alpha value is -3.55. The number of nitrogens with zero attached hydrogens (tertiary/aromatic N) is 4. The Morgan fingerprint density at radius 1 is 0.879 bits per heavy atom. The summed E-state index contributed by atoms with van der Waals surface area (Å²) in [5.41, 5.74) is 2.69. The Morgan fingerprint density at radius 3 is 2.24 bits per heavy atom. The summed E-state index contributed by atoms with van der Waals surface area (Å²) in [6, 6.07) is 14.2. The number of hydrogen-bond donors (Lipinski definition) is 0. The molecular weight excluding hydrogens is 423 g/mol. The molecule has 0 radical (unpaired) electrons. The molecule has 2 aromatic carbocycles. The van der Waals surface area contributed by atoms with E-state index in [1.807, 2.05) is 30.3 Å². The average Bonchev–Trinajstić information content (AvgIpc) is 3.35. The van der Waals surface area contributed by atoms with E-state index in [4.69, 9.17) is 0 Å². The standard InChI is InChI=1S/C25H27FN4O3/c1-18-7-8-20(17-21(18)26)25(33)29-15-13-28(14-16-29)23(31)9-10-24(32)30-12-11-22(27-30)19-5-3-2-4-6-19/h2-8,17H,9-16H2,1H3. The molecule has 1 fully saturated rings. The van der Waals surface area contributed by atoms with Gasteiger partial charge in [-0.2, -0.15) is 5.10 Å². The molecule has 0 aromatic heterocycles. The Labute approximate surface area is 192 Å². The van der Waals surface area contributed by atoms with Gasteiger partial charge in [-0.05, 0) is 30.2 Å². The lowest BCUT2D eigenvalue weighted by atomic mass is 10.1. The molecule has 0 saturated carbocycles. The van der Waals surface area contributed by atoms with Crippen molar-refractivity contribution in [3.05, 3.63) is 71.0 Å². The normalized spacial score (nSPS) is 16.1. The molecule has 33 heavy (non-hydrogen) atoms. The second-order valence-corrected chi connectivity index (χ2v) is 8.32. The van der Waals surface area contributed by atoms with Gasteiger partial charge in [0, 0.05) is 51.0 Å². The molecule has 0 aliphatic carbocycles. The van der Waals surface area contributed by atoms with Crippen molar-refractivity contribution in [2.45, 2.75) is 26.2 Å². The van der Waals surface area contributed by atoms with Crippen LogP contribution >= 0.6 is 0 Å². The molecule has 2 aliphatic heterocycles. The number of carbonyl (C=O) groups excluding carboxylic acids is 3. The lowest BCUT2D eigenvalue weighted by molar-refractivity contribution is -0.137. The summed E-state index contributed by atoms with van der Waals surface area (Å²) in [7, 11) is 0. The quantitative estimate of drug-likeness (QED) is 0.703. The van der Waals surface area contributed by atoms with Gasteiger partial charge in [-0.15, -0.1) is 0 Å². The van der Waals surface area contributed by atoms with Crippen LogP contribution in [-0.2, 0) is 9.59 Å². The number of amides is 3. The Balaban J connectivity index is 1.24. The van der Waals surface area contributed by atoms with Crippen LogP contribution in [-0.4, -0.2) is 71.0 Å². The number of rotatable bonds is 5. The number of hydrogen-bond acceptors (Lipinski definition) is 4. The molecule has 0 bridgehead atoms. The SMILES string of the molecule is Cc1ccc(C(=O)N2CCN(C(=O)CCC(=O)N3CCC(c4ccccc4)=N3)CC2)cc1F. The predicted molar refractivity (Wildman–Crippen MR) is 122 cm³/mol. The molecule has 1 saturated heterocycles. The first-order valence-electron chi connectivity index (χ1n) is 11.2. The number of piperazine rings is 1. The van der Waals surface area contributed by atoms with Crippen LogP contribution in [0.25, 0.3) is 0 Å². The summed E-state index contributed by atoms with van der Waals surface area (Å²) < 4.78 is 13.8. The van der Waals surface area contributed by atoms with Gasteiger partial charge in [-0.3, -0.25) is 14.4 Å². The van der Waals surface area contributed by atoms with Gasteiger partial charge in [-0.25, -0.2) is 9.40 Å². The summed E-state index contributed by atoms with van der Waals surface area (Å²) in [6.45, 7) is 3.73. The number of halogens is 1. The van der Waals surface area contributed by atoms with Crippen molar-refractivity contribution >= 4 is 23.4 Å². The third-order valence-corrected chi connectivity index (χ3v) is 6.09. The zero-order chi connectivity index (χ0) is 23.4. The molecule has 2 aliphatic rings. The Morgan fingerprint density at radius 2 is 1.55 bits per heavy atom. The Bertz CT molecular complexity index is 1080. The fourth-order valence-corrected chi connectivity index (χ4v) is 4.04. The molecule has 3 amide bonds. The highest BCUT2D eigenvalue weighted by molar-refractivity contribution is 6.02. The van der Waals surface area contributed by atoms with E-state index in [1.165, 1.54) is 11.1 Å². The second kappa shape index (κ2) is 9.94. The van der Waals surface area contributed by atoms with Gasteiger partial charge in [0.25, 0.3) is 5.91 Å². The maximum atomic E-state index is 13.8. The molecular formula is C25H27FN4O3. The van der Waals surface area contributed by atoms with Crippen molar-refractivity contribution in [3.63, 3.8) is 0 Å². The van der Waals surface area contributed by atoms with Crippen molar-refractivity contribution < 1.29 is 18.8 Å². The van der Waals surface area contributed by atoms with Gasteiger partial charge in [0.2, 0.25) is 11.8 Å². The van der Waals surface area contributed by atoms with Gasteiger partial charge in [-0.1, -0.05) is 36.4 Å². The van der Waals surface area contributed by atoms with Crippen LogP contribution in [0.3, 0.4) is 0 Å². The summed E-state index contributed by atoms with van der Waals surface area (Å²) >= 11 is 0. The summed E-state index contributed by atoms with van der Waals surface area (Å²) in [6.07, 6.45) is 0.916. The van der Waals surface area contributed by atoms with Crippen LogP contribution in [0.15, 0.2) is 53.6 Å². The van der Waals surface area contributed by atoms with Crippen LogP contribution in [0.1, 0.15) is 40.7 Å². The molecule has 4 rings (SSSR count). The smallest absolute Gasteiger partial charge is 0.254 e. The third-order valence-electron chi connectivity index (χ3n) is 6.09. The highest BCUT2D eigenvalue weighted by Gasteiger charge is 2.27. The summed E-state index contributed by atoms with van der Waals surface area (Å²) in [5, 5.41) is 5.87. The number of aryl methyl sites for hydroxylation is 1. The van der Waals surface area contributed by atoms with Gasteiger partial charge in [0.05, 0.1) is 12.3 Å². The first kappa shape index (κ1) is 22.6. The maximum absolute atomic E-state index is 13.8. The van der Waals surface area contributed by atoms with Gasteiger partial charge in [0.1, 0.15) is 5.82 Å². The van der Waals surface area contributed by atoms with Crippen molar-refractivity contribution in [1.29, 1.82) is 0 Å². The van der Waals surface area contributed by atoms with E-state index in [0.717, 1.165) is 11.3 Å². The van der Waals surface area contributed by atoms with Crippen molar-refractivity contribution in [2.24, 2.45) is 5.10 Å². The van der Waals surface area contributed by atoms with Crippen LogP contribution in [0, 0.1) is 12.7 Å². The predicted octanol–water partition coefficient (Wildman–Crippen LogP) is 2.84. The lowest BCUT2D eigenvalue weighted by Crippen LogP contribution is -2.50. The number of benzene rings is 2. The highest BCUT2D eigenvalue weighted by Crippen LogP contribution is 2.16. The van der Waals surface area contributed by atoms with Gasteiger partial charge < -0.3 is 9.80 Å². The van der Waals surface area contributed by atoms with E-state index in [-0.39, 0.29) is 30.6 Å². The largest absolute Gasteiger partial charge is 0.339 e. The van der Waals surface area contributed by atoms with Crippen LogP contribution in [0.4, 0.5) is 4.39 Å². The summed E-state index contributed by atoms with van der Waals surface area (Å²) in [5.74, 6) is -0.914. The van der Waals surface area contributed by atoms with E-state index in [0.29, 0.717) is 50.3 Å². The van der Waals surface area contributed by atoms with Crippen LogP contribution < -0.4 is 0 Å². The fraction of sp³-hybridized carbons (Fsp3) is 0.360. The van der Waals surface area contributed by atoms with Crippen molar-refractivity contribution in [2.75, 3.05) is 32.7 Å². The minimum absolute atomic E-state index is 0.103. The molecule has 0 atom stereocenters. The maximum Gasteiger partial charge on any atom is 0.254 e. The highest BCUT2D eigenvalue weighted by atomic mass is 19.1. The number of hydrazone groups is 1. The zero-order valence-electron chi connectivity index (χ0n) is 18.7. The fourth-order valence-electron chi connectivity index (χ4n) is 4.04. The molecule has 8 heteroatoms. The minimum Gasteiger partial charge on any atom is -0.339 e. The first-order chi connectivity index (χ1) is 15.9.